The molecule has 17 heavy (non-hydrogen) atoms. The van der Waals surface area contributed by atoms with Crippen LogP contribution in [0.3, 0.4) is 0 Å². The maximum atomic E-state index is 13.2. The molecule has 0 saturated carbocycles. The van der Waals surface area contributed by atoms with E-state index in [0.717, 1.165) is 11.1 Å². The van der Waals surface area contributed by atoms with Gasteiger partial charge in [-0.2, -0.15) is 0 Å². The van der Waals surface area contributed by atoms with E-state index in [1.165, 1.54) is 6.07 Å². The molecule has 0 aliphatic carbocycles. The SMILES string of the molecule is Cc1cc(C(Br)c2ccc(Cl)cc2)ccc1F. The van der Waals surface area contributed by atoms with Crippen molar-refractivity contribution in [1.82, 2.24) is 0 Å². The lowest BCUT2D eigenvalue weighted by atomic mass is 10.0. The summed E-state index contributed by atoms with van der Waals surface area (Å²) in [6, 6.07) is 12.7. The maximum Gasteiger partial charge on any atom is 0.126 e. The molecule has 2 aromatic rings. The molecule has 0 radical (unpaired) electrons. The van der Waals surface area contributed by atoms with Crippen LogP contribution in [0.2, 0.25) is 5.02 Å². The molecule has 0 aliphatic heterocycles. The minimum atomic E-state index is -0.176. The highest BCUT2D eigenvalue weighted by molar-refractivity contribution is 9.09. The first-order chi connectivity index (χ1) is 8.08. The number of halogens is 3. The van der Waals surface area contributed by atoms with Crippen molar-refractivity contribution in [3.05, 3.63) is 70.0 Å². The molecule has 0 bridgehead atoms. The molecule has 0 nitrogen and oxygen atoms in total. The lowest BCUT2D eigenvalue weighted by molar-refractivity contribution is 0.618. The summed E-state index contributed by atoms with van der Waals surface area (Å²) in [5, 5.41) is 0.712. The standard InChI is InChI=1S/C14H11BrClF/c1-9-8-11(4-7-13(9)17)14(15)10-2-5-12(16)6-3-10/h2-8,14H,1H3. The molecular weight excluding hydrogens is 303 g/mol. The van der Waals surface area contributed by atoms with E-state index in [2.05, 4.69) is 15.9 Å². The van der Waals surface area contributed by atoms with Crippen LogP contribution in [0.1, 0.15) is 21.5 Å². The Hall–Kier alpha value is -0.860. The lowest BCUT2D eigenvalue weighted by Gasteiger charge is -2.11. The Morgan fingerprint density at radius 2 is 1.65 bits per heavy atom. The zero-order chi connectivity index (χ0) is 12.4. The molecule has 0 aliphatic rings. The number of hydrogen-bond donors (Lipinski definition) is 0. The van der Waals surface area contributed by atoms with E-state index in [1.54, 1.807) is 13.0 Å². The fraction of sp³-hybridized carbons (Fsp3) is 0.143. The Bertz CT molecular complexity index is 522. The molecule has 0 saturated heterocycles. The minimum absolute atomic E-state index is 0.0547. The Labute approximate surface area is 114 Å². The van der Waals surface area contributed by atoms with Crippen molar-refractivity contribution < 1.29 is 4.39 Å². The number of benzene rings is 2. The average Bonchev–Trinajstić information content (AvgIpc) is 2.33. The van der Waals surface area contributed by atoms with Crippen LogP contribution in [0.15, 0.2) is 42.5 Å². The highest BCUT2D eigenvalue weighted by Crippen LogP contribution is 2.32. The van der Waals surface area contributed by atoms with Crippen molar-refractivity contribution in [2.45, 2.75) is 11.8 Å². The minimum Gasteiger partial charge on any atom is -0.207 e. The van der Waals surface area contributed by atoms with Crippen LogP contribution in [0.4, 0.5) is 4.39 Å². The second-order valence-corrected chi connectivity index (χ2v) is 5.27. The van der Waals surface area contributed by atoms with Gasteiger partial charge in [0.2, 0.25) is 0 Å². The molecule has 2 aromatic carbocycles. The van der Waals surface area contributed by atoms with Gasteiger partial charge in [0.15, 0.2) is 0 Å². The second-order valence-electron chi connectivity index (χ2n) is 3.92. The van der Waals surface area contributed by atoms with E-state index in [4.69, 9.17) is 11.6 Å². The van der Waals surface area contributed by atoms with E-state index in [0.29, 0.717) is 10.6 Å². The van der Waals surface area contributed by atoms with Crippen molar-refractivity contribution in [2.75, 3.05) is 0 Å². The number of rotatable bonds is 2. The Kier molecular flexibility index (Phi) is 3.85. The van der Waals surface area contributed by atoms with Gasteiger partial charge in [-0.3, -0.25) is 0 Å². The van der Waals surface area contributed by atoms with Gasteiger partial charge in [-0.05, 0) is 41.8 Å². The molecular formula is C14H11BrClF. The molecule has 0 fully saturated rings. The topological polar surface area (TPSA) is 0 Å². The smallest absolute Gasteiger partial charge is 0.126 e. The van der Waals surface area contributed by atoms with Gasteiger partial charge in [0.05, 0.1) is 4.83 Å². The van der Waals surface area contributed by atoms with E-state index >= 15 is 0 Å². The summed E-state index contributed by atoms with van der Waals surface area (Å²) in [6.45, 7) is 1.76. The summed E-state index contributed by atoms with van der Waals surface area (Å²) >= 11 is 9.46. The molecule has 1 unspecified atom stereocenters. The number of aryl methyl sites for hydroxylation is 1. The fourth-order valence-electron chi connectivity index (χ4n) is 1.65. The molecule has 0 aromatic heterocycles. The van der Waals surface area contributed by atoms with Crippen molar-refractivity contribution >= 4 is 27.5 Å². The first-order valence-electron chi connectivity index (χ1n) is 5.23. The summed E-state index contributed by atoms with van der Waals surface area (Å²) in [5.74, 6) is -0.176. The molecule has 0 N–H and O–H groups in total. The fourth-order valence-corrected chi connectivity index (χ4v) is 2.37. The Balaban J connectivity index is 2.33. The first kappa shape index (κ1) is 12.6. The monoisotopic (exact) mass is 312 g/mol. The normalized spacial score (nSPS) is 12.5. The van der Waals surface area contributed by atoms with Gasteiger partial charge in [0.25, 0.3) is 0 Å². The van der Waals surface area contributed by atoms with Gasteiger partial charge >= 0.3 is 0 Å². The van der Waals surface area contributed by atoms with Crippen LogP contribution < -0.4 is 0 Å². The predicted molar refractivity (Wildman–Crippen MR) is 73.4 cm³/mol. The zero-order valence-electron chi connectivity index (χ0n) is 9.25. The largest absolute Gasteiger partial charge is 0.207 e. The molecule has 2 rings (SSSR count). The third-order valence-electron chi connectivity index (χ3n) is 2.64. The molecule has 0 spiro atoms. The summed E-state index contributed by atoms with van der Waals surface area (Å²) < 4.78 is 13.2. The van der Waals surface area contributed by atoms with Gasteiger partial charge in [0.1, 0.15) is 5.82 Å². The van der Waals surface area contributed by atoms with Crippen LogP contribution in [0, 0.1) is 12.7 Å². The Morgan fingerprint density at radius 3 is 2.24 bits per heavy atom. The molecule has 0 heterocycles. The average molecular weight is 314 g/mol. The summed E-state index contributed by atoms with van der Waals surface area (Å²) in [5.41, 5.74) is 2.78. The number of alkyl halides is 1. The van der Waals surface area contributed by atoms with Crippen LogP contribution in [0.5, 0.6) is 0 Å². The van der Waals surface area contributed by atoms with Gasteiger partial charge in [-0.25, -0.2) is 4.39 Å². The van der Waals surface area contributed by atoms with Crippen molar-refractivity contribution in [1.29, 1.82) is 0 Å². The van der Waals surface area contributed by atoms with E-state index in [1.807, 2.05) is 30.3 Å². The second kappa shape index (κ2) is 5.19. The molecule has 3 heteroatoms. The Morgan fingerprint density at radius 1 is 1.06 bits per heavy atom. The van der Waals surface area contributed by atoms with Crippen LogP contribution in [0.25, 0.3) is 0 Å². The van der Waals surface area contributed by atoms with Crippen LogP contribution in [-0.4, -0.2) is 0 Å². The molecule has 88 valence electrons. The summed E-state index contributed by atoms with van der Waals surface area (Å²) in [4.78, 5) is 0.0547. The maximum absolute atomic E-state index is 13.2. The van der Waals surface area contributed by atoms with E-state index < -0.39 is 0 Å². The first-order valence-corrected chi connectivity index (χ1v) is 6.53. The number of hydrogen-bond acceptors (Lipinski definition) is 0. The van der Waals surface area contributed by atoms with Crippen molar-refractivity contribution in [3.8, 4) is 0 Å². The quantitative estimate of drug-likeness (QED) is 0.662. The van der Waals surface area contributed by atoms with Gasteiger partial charge < -0.3 is 0 Å². The highest BCUT2D eigenvalue weighted by Gasteiger charge is 2.11. The van der Waals surface area contributed by atoms with E-state index in [-0.39, 0.29) is 10.6 Å². The van der Waals surface area contributed by atoms with Crippen LogP contribution >= 0.6 is 27.5 Å². The third-order valence-corrected chi connectivity index (χ3v) is 3.95. The lowest BCUT2D eigenvalue weighted by Crippen LogP contribution is -1.94. The summed E-state index contributed by atoms with van der Waals surface area (Å²) in [7, 11) is 0. The van der Waals surface area contributed by atoms with Crippen molar-refractivity contribution in [3.63, 3.8) is 0 Å². The summed E-state index contributed by atoms with van der Waals surface area (Å²) in [6.07, 6.45) is 0. The van der Waals surface area contributed by atoms with Gasteiger partial charge in [0, 0.05) is 5.02 Å². The van der Waals surface area contributed by atoms with Gasteiger partial charge in [-0.15, -0.1) is 0 Å². The third kappa shape index (κ3) is 2.88. The van der Waals surface area contributed by atoms with Crippen molar-refractivity contribution in [2.24, 2.45) is 0 Å². The molecule has 1 atom stereocenters. The van der Waals surface area contributed by atoms with Crippen LogP contribution in [-0.2, 0) is 0 Å². The zero-order valence-corrected chi connectivity index (χ0v) is 11.6. The van der Waals surface area contributed by atoms with Gasteiger partial charge in [-0.1, -0.05) is 51.8 Å². The predicted octanol–water partition coefficient (Wildman–Crippen LogP) is 5.27. The highest BCUT2D eigenvalue weighted by atomic mass is 79.9. The molecule has 0 amide bonds. The van der Waals surface area contributed by atoms with E-state index in [9.17, 15) is 4.39 Å².